The molecule has 3 aromatic rings. The largest absolute Gasteiger partial charge is 0.348 e. The molecule has 1 saturated carbocycles. The lowest BCUT2D eigenvalue weighted by atomic mass is 10.0. The molecule has 1 aliphatic carbocycles. The second-order valence-corrected chi connectivity index (χ2v) is 10.4. The molecule has 5 rings (SSSR count). The van der Waals surface area contributed by atoms with Gasteiger partial charge in [0, 0.05) is 25.2 Å². The van der Waals surface area contributed by atoms with E-state index in [9.17, 15) is 13.2 Å². The van der Waals surface area contributed by atoms with Crippen LogP contribution in [0.1, 0.15) is 49.0 Å². The highest BCUT2D eigenvalue weighted by Gasteiger charge is 2.35. The van der Waals surface area contributed by atoms with Crippen LogP contribution in [0, 0.1) is 0 Å². The normalized spacial score (nSPS) is 20.2. The predicted octanol–water partition coefficient (Wildman–Crippen LogP) is 1.81. The maximum absolute atomic E-state index is 13.5. The van der Waals surface area contributed by atoms with Crippen molar-refractivity contribution in [3.8, 4) is 0 Å². The number of hydrogen-bond acceptors (Lipinski definition) is 8. The molecular formula is C19H23N7O3S2. The van der Waals surface area contributed by atoms with E-state index in [1.54, 1.807) is 33.4 Å². The molecule has 1 atom stereocenters. The quantitative estimate of drug-likeness (QED) is 0.569. The average Bonchev–Trinajstić information content (AvgIpc) is 3.26. The van der Waals surface area contributed by atoms with Crippen LogP contribution in [0.25, 0.3) is 11.0 Å². The second kappa shape index (κ2) is 8.24. The number of piperidine rings is 1. The van der Waals surface area contributed by atoms with Gasteiger partial charge < -0.3 is 5.32 Å². The number of amides is 1. The van der Waals surface area contributed by atoms with Gasteiger partial charge in [-0.25, -0.2) is 8.42 Å². The Morgan fingerprint density at radius 1 is 1.19 bits per heavy atom. The molecule has 2 fully saturated rings. The number of aryl methyl sites for hydroxylation is 1. The van der Waals surface area contributed by atoms with Gasteiger partial charge in [0.15, 0.2) is 5.69 Å². The maximum atomic E-state index is 13.5. The van der Waals surface area contributed by atoms with Crippen LogP contribution in [0.3, 0.4) is 0 Å². The number of sulfonamides is 1. The SMILES string of the molecule is O=C(NC1CC1)c1cn(CCC2CCCCN2S(=O)(=O)c2cccc3nsnc23)nn1. The maximum Gasteiger partial charge on any atom is 0.273 e. The number of carbonyl (C=O) groups is 1. The summed E-state index contributed by atoms with van der Waals surface area (Å²) in [5.41, 5.74) is 1.32. The molecule has 1 aromatic carbocycles. The van der Waals surface area contributed by atoms with E-state index in [4.69, 9.17) is 0 Å². The highest BCUT2D eigenvalue weighted by Crippen LogP contribution is 2.30. The minimum atomic E-state index is -3.70. The summed E-state index contributed by atoms with van der Waals surface area (Å²) in [6.07, 6.45) is 6.83. The van der Waals surface area contributed by atoms with Crippen LogP contribution in [0.15, 0.2) is 29.3 Å². The minimum Gasteiger partial charge on any atom is -0.348 e. The van der Waals surface area contributed by atoms with Crippen LogP contribution in [0.2, 0.25) is 0 Å². The van der Waals surface area contributed by atoms with Gasteiger partial charge in [0.2, 0.25) is 10.0 Å². The third-order valence-electron chi connectivity index (χ3n) is 5.78. The zero-order valence-corrected chi connectivity index (χ0v) is 18.5. The van der Waals surface area contributed by atoms with Gasteiger partial charge >= 0.3 is 0 Å². The number of benzene rings is 1. The summed E-state index contributed by atoms with van der Waals surface area (Å²) in [6, 6.07) is 5.20. The standard InChI is InChI=1S/C19H23N7O3S2/c27-19(20-13-7-8-13)16-12-25(24-21-16)11-9-14-4-1-2-10-26(14)31(28,29)17-6-3-5-15-18(17)23-30-22-15/h3,5-6,12-14H,1-2,4,7-11H2,(H,20,27). The van der Waals surface area contributed by atoms with Crippen LogP contribution < -0.4 is 5.32 Å². The van der Waals surface area contributed by atoms with Crippen LogP contribution in [0.4, 0.5) is 0 Å². The fourth-order valence-electron chi connectivity index (χ4n) is 3.97. The number of hydrogen-bond donors (Lipinski definition) is 1. The van der Waals surface area contributed by atoms with Crippen molar-refractivity contribution in [3.05, 3.63) is 30.1 Å². The second-order valence-electron chi connectivity index (χ2n) is 8.06. The summed E-state index contributed by atoms with van der Waals surface area (Å²) in [5, 5.41) is 10.9. The van der Waals surface area contributed by atoms with Gasteiger partial charge in [-0.1, -0.05) is 17.7 Å². The van der Waals surface area contributed by atoms with Crippen LogP contribution in [-0.2, 0) is 16.6 Å². The van der Waals surface area contributed by atoms with Crippen molar-refractivity contribution >= 4 is 38.7 Å². The van der Waals surface area contributed by atoms with E-state index in [1.807, 2.05) is 0 Å². The van der Waals surface area contributed by atoms with E-state index >= 15 is 0 Å². The molecule has 1 amide bonds. The Morgan fingerprint density at radius 3 is 2.90 bits per heavy atom. The molecule has 2 aromatic heterocycles. The van der Waals surface area contributed by atoms with Crippen molar-refractivity contribution in [2.24, 2.45) is 0 Å². The molecule has 1 saturated heterocycles. The molecular weight excluding hydrogens is 438 g/mol. The van der Waals surface area contributed by atoms with E-state index in [-0.39, 0.29) is 22.9 Å². The predicted molar refractivity (Wildman–Crippen MR) is 114 cm³/mol. The van der Waals surface area contributed by atoms with Crippen molar-refractivity contribution in [2.45, 2.75) is 62.0 Å². The molecule has 1 N–H and O–H groups in total. The third kappa shape index (κ3) is 4.19. The van der Waals surface area contributed by atoms with Gasteiger partial charge in [-0.15, -0.1) is 5.10 Å². The number of nitrogens with zero attached hydrogens (tertiary/aromatic N) is 6. The zero-order valence-electron chi connectivity index (χ0n) is 16.8. The number of aromatic nitrogens is 5. The van der Waals surface area contributed by atoms with Gasteiger partial charge in [-0.2, -0.15) is 13.1 Å². The van der Waals surface area contributed by atoms with E-state index < -0.39 is 10.0 Å². The Hall–Kier alpha value is -2.44. The van der Waals surface area contributed by atoms with Crippen LogP contribution in [-0.4, -0.2) is 61.0 Å². The van der Waals surface area contributed by atoms with Crippen molar-refractivity contribution in [1.29, 1.82) is 0 Å². The molecule has 12 heteroatoms. The van der Waals surface area contributed by atoms with Crippen molar-refractivity contribution < 1.29 is 13.2 Å². The van der Waals surface area contributed by atoms with Gasteiger partial charge in [-0.05, 0) is 44.2 Å². The topological polar surface area (TPSA) is 123 Å². The van der Waals surface area contributed by atoms with Gasteiger partial charge in [0.25, 0.3) is 5.91 Å². The smallest absolute Gasteiger partial charge is 0.273 e. The van der Waals surface area contributed by atoms with Crippen LogP contribution in [0.5, 0.6) is 0 Å². The third-order valence-corrected chi connectivity index (χ3v) is 8.31. The van der Waals surface area contributed by atoms with E-state index in [0.717, 1.165) is 43.8 Å². The Kier molecular flexibility index (Phi) is 5.44. The lowest BCUT2D eigenvalue weighted by Crippen LogP contribution is -2.44. The first-order valence-corrected chi connectivity index (χ1v) is 12.6. The summed E-state index contributed by atoms with van der Waals surface area (Å²) < 4.78 is 38.6. The summed E-state index contributed by atoms with van der Waals surface area (Å²) in [7, 11) is -3.70. The molecule has 2 aliphatic rings. The zero-order chi connectivity index (χ0) is 21.4. The van der Waals surface area contributed by atoms with Crippen LogP contribution >= 0.6 is 11.7 Å². The molecule has 0 spiro atoms. The summed E-state index contributed by atoms with van der Waals surface area (Å²) in [4.78, 5) is 12.3. The monoisotopic (exact) mass is 461 g/mol. The van der Waals surface area contributed by atoms with Crippen molar-refractivity contribution in [1.82, 2.24) is 33.4 Å². The first kappa shape index (κ1) is 20.5. The summed E-state index contributed by atoms with van der Waals surface area (Å²) in [5.74, 6) is -0.208. The molecule has 0 bridgehead atoms. The van der Waals surface area contributed by atoms with Crippen molar-refractivity contribution in [3.63, 3.8) is 0 Å². The van der Waals surface area contributed by atoms with Crippen molar-refractivity contribution in [2.75, 3.05) is 6.54 Å². The lowest BCUT2D eigenvalue weighted by Gasteiger charge is -2.34. The number of rotatable bonds is 7. The first-order chi connectivity index (χ1) is 15.0. The Morgan fingerprint density at radius 2 is 2.06 bits per heavy atom. The molecule has 3 heterocycles. The molecule has 0 radical (unpaired) electrons. The fraction of sp³-hybridized carbons (Fsp3) is 0.526. The number of fused-ring (bicyclic) bond motifs is 1. The molecule has 164 valence electrons. The number of nitrogens with one attached hydrogen (secondary N) is 1. The molecule has 1 aliphatic heterocycles. The lowest BCUT2D eigenvalue weighted by molar-refractivity contribution is 0.0946. The van der Waals surface area contributed by atoms with Gasteiger partial charge in [0.05, 0.1) is 17.9 Å². The van der Waals surface area contributed by atoms with Gasteiger partial charge in [-0.3, -0.25) is 9.48 Å². The fourth-order valence-corrected chi connectivity index (χ4v) is 6.45. The molecule has 1 unspecified atom stereocenters. The first-order valence-electron chi connectivity index (χ1n) is 10.5. The minimum absolute atomic E-state index is 0.145. The Labute approximate surface area is 184 Å². The summed E-state index contributed by atoms with van der Waals surface area (Å²) >= 11 is 1.02. The Balaban J connectivity index is 1.31. The molecule has 31 heavy (non-hydrogen) atoms. The highest BCUT2D eigenvalue weighted by atomic mass is 32.2. The van der Waals surface area contributed by atoms with E-state index in [0.29, 0.717) is 36.2 Å². The highest BCUT2D eigenvalue weighted by molar-refractivity contribution is 7.89. The molecule has 10 nitrogen and oxygen atoms in total. The number of carbonyl (C=O) groups excluding carboxylic acids is 1. The summed E-state index contributed by atoms with van der Waals surface area (Å²) in [6.45, 7) is 0.968. The van der Waals surface area contributed by atoms with E-state index in [2.05, 4.69) is 24.4 Å². The Bertz CT molecular complexity index is 1200. The average molecular weight is 462 g/mol. The van der Waals surface area contributed by atoms with E-state index in [1.165, 1.54) is 0 Å². The van der Waals surface area contributed by atoms with Gasteiger partial charge in [0.1, 0.15) is 15.9 Å².